The maximum absolute atomic E-state index is 11.4. The summed E-state index contributed by atoms with van der Waals surface area (Å²) >= 11 is 0. The number of esters is 3. The van der Waals surface area contributed by atoms with Crippen molar-refractivity contribution in [2.24, 2.45) is 0 Å². The lowest BCUT2D eigenvalue weighted by molar-refractivity contribution is -0.159. The van der Waals surface area contributed by atoms with E-state index in [4.69, 9.17) is 14.2 Å². The molecule has 7 nitrogen and oxygen atoms in total. The molecule has 0 aromatic carbocycles. The van der Waals surface area contributed by atoms with E-state index in [0.29, 0.717) is 0 Å². The van der Waals surface area contributed by atoms with Gasteiger partial charge in [-0.2, -0.15) is 0 Å². The van der Waals surface area contributed by atoms with Crippen molar-refractivity contribution in [3.8, 4) is 0 Å². The van der Waals surface area contributed by atoms with Gasteiger partial charge in [-0.3, -0.25) is 0 Å². The highest BCUT2D eigenvalue weighted by molar-refractivity contribution is 5.92. The van der Waals surface area contributed by atoms with E-state index in [2.05, 4.69) is 4.74 Å². The molecule has 1 rings (SSSR count). The fraction of sp³-hybridized carbons (Fsp3) is 0.643. The molecule has 0 heterocycles. The Morgan fingerprint density at radius 2 is 1.62 bits per heavy atom. The van der Waals surface area contributed by atoms with Crippen molar-refractivity contribution in [2.75, 3.05) is 26.9 Å². The molecule has 1 saturated carbocycles. The van der Waals surface area contributed by atoms with Gasteiger partial charge in [0.25, 0.3) is 0 Å². The second-order valence-electron chi connectivity index (χ2n) is 4.50. The number of hydrogen-bond donors (Lipinski definition) is 0. The first kappa shape index (κ1) is 17.2. The Bertz CT molecular complexity index is 383. The second-order valence-corrected chi connectivity index (χ2v) is 4.50. The third-order valence-electron chi connectivity index (χ3n) is 2.82. The van der Waals surface area contributed by atoms with Crippen molar-refractivity contribution in [1.82, 2.24) is 0 Å². The van der Waals surface area contributed by atoms with Gasteiger partial charge < -0.3 is 18.9 Å². The molecule has 1 aliphatic carbocycles. The van der Waals surface area contributed by atoms with Crippen LogP contribution in [0.25, 0.3) is 0 Å². The van der Waals surface area contributed by atoms with Crippen molar-refractivity contribution in [2.45, 2.75) is 31.8 Å². The largest absolute Gasteiger partial charge is 0.460 e. The van der Waals surface area contributed by atoms with Gasteiger partial charge in [0, 0.05) is 19.3 Å². The van der Waals surface area contributed by atoms with E-state index in [1.165, 1.54) is 7.11 Å². The molecule has 0 saturated heterocycles. The van der Waals surface area contributed by atoms with Gasteiger partial charge in [0.1, 0.15) is 12.7 Å². The summed E-state index contributed by atoms with van der Waals surface area (Å²) in [5.74, 6) is -2.06. The number of ether oxygens (including phenoxy) is 4. The summed E-state index contributed by atoms with van der Waals surface area (Å²) in [6.45, 7) is -0.0855. The average molecular weight is 300 g/mol. The molecule has 1 fully saturated rings. The Hall–Kier alpha value is -1.89. The third kappa shape index (κ3) is 8.09. The van der Waals surface area contributed by atoms with Crippen LogP contribution >= 0.6 is 0 Å². The zero-order chi connectivity index (χ0) is 15.5. The van der Waals surface area contributed by atoms with E-state index in [-0.39, 0.29) is 19.3 Å². The minimum Gasteiger partial charge on any atom is -0.460 e. The molecule has 21 heavy (non-hydrogen) atoms. The highest BCUT2D eigenvalue weighted by atomic mass is 16.6. The summed E-state index contributed by atoms with van der Waals surface area (Å²) in [6, 6.07) is 0. The van der Waals surface area contributed by atoms with Gasteiger partial charge in [-0.25, -0.2) is 14.4 Å². The van der Waals surface area contributed by atoms with Crippen LogP contribution in [0.5, 0.6) is 0 Å². The molecule has 118 valence electrons. The Balaban J connectivity index is 2.14. The highest BCUT2D eigenvalue weighted by Crippen LogP contribution is 2.20. The molecule has 0 aliphatic heterocycles. The first-order valence-corrected chi connectivity index (χ1v) is 6.82. The van der Waals surface area contributed by atoms with Crippen LogP contribution in [0.4, 0.5) is 0 Å². The van der Waals surface area contributed by atoms with E-state index in [0.717, 1.165) is 37.8 Å². The molecule has 0 atom stereocenters. The third-order valence-corrected chi connectivity index (χ3v) is 2.82. The monoisotopic (exact) mass is 300 g/mol. The lowest BCUT2D eigenvalue weighted by Gasteiger charge is -2.10. The number of carbonyl (C=O) groups excluding carboxylic acids is 3. The molecule has 0 aromatic heterocycles. The summed E-state index contributed by atoms with van der Waals surface area (Å²) < 4.78 is 19.2. The molecule has 0 spiro atoms. The molecule has 0 unspecified atom stereocenters. The van der Waals surface area contributed by atoms with Crippen LogP contribution in [0.15, 0.2) is 12.2 Å². The van der Waals surface area contributed by atoms with Crippen molar-refractivity contribution >= 4 is 17.9 Å². The van der Waals surface area contributed by atoms with Gasteiger partial charge in [-0.1, -0.05) is 0 Å². The Labute approximate surface area is 123 Å². The first-order chi connectivity index (χ1) is 10.1. The molecular weight excluding hydrogens is 280 g/mol. The van der Waals surface area contributed by atoms with Crippen LogP contribution in [-0.4, -0.2) is 50.9 Å². The van der Waals surface area contributed by atoms with Crippen LogP contribution in [-0.2, 0) is 33.3 Å². The second kappa shape index (κ2) is 9.93. The molecule has 0 N–H and O–H groups in total. The lowest BCUT2D eigenvalue weighted by atomic mass is 10.3. The Morgan fingerprint density at radius 1 is 1.00 bits per heavy atom. The molecule has 0 amide bonds. The van der Waals surface area contributed by atoms with Crippen LogP contribution in [0.3, 0.4) is 0 Å². The van der Waals surface area contributed by atoms with E-state index in [1.54, 1.807) is 0 Å². The Morgan fingerprint density at radius 3 is 2.24 bits per heavy atom. The van der Waals surface area contributed by atoms with Crippen molar-refractivity contribution in [1.29, 1.82) is 0 Å². The molecule has 0 aromatic rings. The number of methoxy groups -OCH3 is 1. The average Bonchev–Trinajstić information content (AvgIpc) is 2.96. The van der Waals surface area contributed by atoms with E-state index in [9.17, 15) is 14.4 Å². The molecule has 0 bridgehead atoms. The minimum absolute atomic E-state index is 0.0671. The SMILES string of the molecule is COCCOC(=O)/C=C/C(=O)OCC(=O)OC1CCCC1. The first-order valence-electron chi connectivity index (χ1n) is 6.82. The van der Waals surface area contributed by atoms with E-state index in [1.807, 2.05) is 0 Å². The summed E-state index contributed by atoms with van der Waals surface area (Å²) in [6.07, 6.45) is 5.57. The van der Waals surface area contributed by atoms with Gasteiger partial charge in [-0.05, 0) is 25.7 Å². The maximum Gasteiger partial charge on any atom is 0.344 e. The summed E-state index contributed by atoms with van der Waals surface area (Å²) in [5, 5.41) is 0. The van der Waals surface area contributed by atoms with Crippen LogP contribution < -0.4 is 0 Å². The summed E-state index contributed by atoms with van der Waals surface area (Å²) in [5.41, 5.74) is 0. The normalized spacial score (nSPS) is 15.1. The summed E-state index contributed by atoms with van der Waals surface area (Å²) in [7, 11) is 1.48. The fourth-order valence-electron chi connectivity index (χ4n) is 1.81. The standard InChI is InChI=1S/C14H20O7/c1-18-8-9-19-12(15)6-7-13(16)20-10-14(17)21-11-4-2-3-5-11/h6-7,11H,2-5,8-10H2,1H3/b7-6+. The van der Waals surface area contributed by atoms with Gasteiger partial charge in [0.2, 0.25) is 0 Å². The van der Waals surface area contributed by atoms with Gasteiger partial charge in [-0.15, -0.1) is 0 Å². The number of rotatable bonds is 8. The topological polar surface area (TPSA) is 88.1 Å². The van der Waals surface area contributed by atoms with Crippen LogP contribution in [0.2, 0.25) is 0 Å². The molecule has 1 aliphatic rings. The number of hydrogen-bond acceptors (Lipinski definition) is 7. The zero-order valence-electron chi connectivity index (χ0n) is 12.0. The smallest absolute Gasteiger partial charge is 0.344 e. The molecular formula is C14H20O7. The highest BCUT2D eigenvalue weighted by Gasteiger charge is 2.19. The quantitative estimate of drug-likeness (QED) is 0.283. The van der Waals surface area contributed by atoms with Crippen molar-refractivity contribution in [3.05, 3.63) is 12.2 Å². The van der Waals surface area contributed by atoms with Gasteiger partial charge in [0.15, 0.2) is 6.61 Å². The molecule has 7 heteroatoms. The van der Waals surface area contributed by atoms with Crippen LogP contribution in [0.1, 0.15) is 25.7 Å². The molecule has 0 radical (unpaired) electrons. The predicted molar refractivity (Wildman–Crippen MR) is 71.3 cm³/mol. The van der Waals surface area contributed by atoms with Crippen molar-refractivity contribution < 1.29 is 33.3 Å². The van der Waals surface area contributed by atoms with Gasteiger partial charge >= 0.3 is 17.9 Å². The maximum atomic E-state index is 11.4. The zero-order valence-corrected chi connectivity index (χ0v) is 12.0. The minimum atomic E-state index is -0.804. The van der Waals surface area contributed by atoms with E-state index < -0.39 is 24.5 Å². The van der Waals surface area contributed by atoms with Crippen molar-refractivity contribution in [3.63, 3.8) is 0 Å². The van der Waals surface area contributed by atoms with Gasteiger partial charge in [0.05, 0.1) is 6.61 Å². The van der Waals surface area contributed by atoms with E-state index >= 15 is 0 Å². The Kier molecular flexibility index (Phi) is 8.11. The number of carbonyl (C=O) groups is 3. The fourth-order valence-corrected chi connectivity index (χ4v) is 1.81. The summed E-state index contributed by atoms with van der Waals surface area (Å²) in [4.78, 5) is 33.8. The lowest BCUT2D eigenvalue weighted by Crippen LogP contribution is -2.20. The predicted octanol–water partition coefficient (Wildman–Crippen LogP) is 0.761. The van der Waals surface area contributed by atoms with Crippen LogP contribution in [0, 0.1) is 0 Å².